The number of carbonyl (C=O) groups is 2. The monoisotopic (exact) mass is 336 g/mol. The lowest BCUT2D eigenvalue weighted by atomic mass is 10.1. The van der Waals surface area contributed by atoms with Crippen LogP contribution in [0, 0.1) is 11.7 Å². The van der Waals surface area contributed by atoms with Gasteiger partial charge >= 0.3 is 0 Å². The molecule has 1 saturated carbocycles. The van der Waals surface area contributed by atoms with E-state index in [-0.39, 0.29) is 23.5 Å². The fourth-order valence-corrected chi connectivity index (χ4v) is 2.77. The number of para-hydroxylation sites is 1. The number of hydrogen-bond donors (Lipinski definition) is 2. The van der Waals surface area contributed by atoms with Gasteiger partial charge in [-0.1, -0.05) is 25.0 Å². The standard InChI is InChI=1S/C18H25FN2O3/c1-13(21-18(23)14-7-2-3-8-14)17(22)20-11-6-12-24-16-10-5-4-9-15(16)19/h4-5,9-10,13-14H,2-3,6-8,11-12H2,1H3,(H,20,22)(H,21,23)/t13-/m1/s1. The molecule has 1 aromatic carbocycles. The highest BCUT2D eigenvalue weighted by molar-refractivity contribution is 5.88. The molecule has 0 bridgehead atoms. The topological polar surface area (TPSA) is 67.4 Å². The van der Waals surface area contributed by atoms with E-state index in [1.54, 1.807) is 25.1 Å². The summed E-state index contributed by atoms with van der Waals surface area (Å²) in [6.45, 7) is 2.40. The number of nitrogens with one attached hydrogen (secondary N) is 2. The summed E-state index contributed by atoms with van der Waals surface area (Å²) in [6.07, 6.45) is 4.55. The second-order valence-electron chi connectivity index (χ2n) is 6.14. The van der Waals surface area contributed by atoms with Crippen LogP contribution in [-0.4, -0.2) is 31.0 Å². The van der Waals surface area contributed by atoms with E-state index < -0.39 is 11.9 Å². The minimum atomic E-state index is -0.550. The van der Waals surface area contributed by atoms with Gasteiger partial charge < -0.3 is 15.4 Å². The Labute approximate surface area is 142 Å². The SMILES string of the molecule is C[C@@H](NC(=O)C1CCCC1)C(=O)NCCCOc1ccccc1F. The van der Waals surface area contributed by atoms with Crippen LogP contribution in [0.4, 0.5) is 4.39 Å². The largest absolute Gasteiger partial charge is 0.490 e. The third kappa shape index (κ3) is 5.51. The lowest BCUT2D eigenvalue weighted by Crippen LogP contribution is -2.46. The van der Waals surface area contributed by atoms with Crippen LogP contribution < -0.4 is 15.4 Å². The van der Waals surface area contributed by atoms with Crippen molar-refractivity contribution < 1.29 is 18.7 Å². The molecule has 2 rings (SSSR count). The molecule has 1 atom stereocenters. The summed E-state index contributed by atoms with van der Waals surface area (Å²) in [7, 11) is 0. The minimum absolute atomic E-state index is 0.0296. The molecule has 0 spiro atoms. The van der Waals surface area contributed by atoms with E-state index in [0.29, 0.717) is 19.6 Å². The summed E-state index contributed by atoms with van der Waals surface area (Å²) in [5, 5.41) is 5.52. The molecule has 2 amide bonds. The molecule has 1 fully saturated rings. The second-order valence-corrected chi connectivity index (χ2v) is 6.14. The number of halogens is 1. The molecule has 0 aliphatic heterocycles. The van der Waals surface area contributed by atoms with Crippen molar-refractivity contribution in [2.45, 2.75) is 45.1 Å². The Balaban J connectivity index is 1.60. The average Bonchev–Trinajstić information content (AvgIpc) is 3.10. The van der Waals surface area contributed by atoms with E-state index in [1.165, 1.54) is 6.07 Å². The van der Waals surface area contributed by atoms with E-state index in [9.17, 15) is 14.0 Å². The lowest BCUT2D eigenvalue weighted by molar-refractivity contribution is -0.130. The maximum atomic E-state index is 13.3. The van der Waals surface area contributed by atoms with Crippen molar-refractivity contribution in [2.75, 3.05) is 13.2 Å². The van der Waals surface area contributed by atoms with Crippen LogP contribution in [0.25, 0.3) is 0 Å². The average molecular weight is 336 g/mol. The second kappa shape index (κ2) is 9.25. The third-order valence-electron chi connectivity index (χ3n) is 4.19. The summed E-state index contributed by atoms with van der Waals surface area (Å²) in [5.74, 6) is -0.384. The van der Waals surface area contributed by atoms with Crippen LogP contribution in [-0.2, 0) is 9.59 Å². The molecule has 1 aromatic rings. The maximum absolute atomic E-state index is 13.3. The number of benzene rings is 1. The van der Waals surface area contributed by atoms with Crippen molar-refractivity contribution in [2.24, 2.45) is 5.92 Å². The molecule has 1 aliphatic carbocycles. The molecule has 0 unspecified atom stereocenters. The van der Waals surface area contributed by atoms with Gasteiger partial charge in [-0.2, -0.15) is 0 Å². The quantitative estimate of drug-likeness (QED) is 0.717. The zero-order valence-electron chi connectivity index (χ0n) is 14.0. The molecule has 6 heteroatoms. The van der Waals surface area contributed by atoms with Crippen molar-refractivity contribution in [1.29, 1.82) is 0 Å². The van der Waals surface area contributed by atoms with Crippen LogP contribution >= 0.6 is 0 Å². The molecule has 132 valence electrons. The van der Waals surface area contributed by atoms with E-state index in [0.717, 1.165) is 25.7 Å². The van der Waals surface area contributed by atoms with Gasteiger partial charge in [-0.3, -0.25) is 9.59 Å². The molecule has 24 heavy (non-hydrogen) atoms. The van der Waals surface area contributed by atoms with Crippen LogP contribution in [0.2, 0.25) is 0 Å². The smallest absolute Gasteiger partial charge is 0.242 e. The molecule has 0 saturated heterocycles. The zero-order chi connectivity index (χ0) is 17.4. The number of hydrogen-bond acceptors (Lipinski definition) is 3. The fourth-order valence-electron chi connectivity index (χ4n) is 2.77. The van der Waals surface area contributed by atoms with Crippen molar-refractivity contribution in [1.82, 2.24) is 10.6 Å². The van der Waals surface area contributed by atoms with Crippen molar-refractivity contribution >= 4 is 11.8 Å². The molecule has 5 nitrogen and oxygen atoms in total. The van der Waals surface area contributed by atoms with Gasteiger partial charge in [-0.05, 0) is 38.3 Å². The van der Waals surface area contributed by atoms with E-state index in [1.807, 2.05) is 0 Å². The van der Waals surface area contributed by atoms with Crippen LogP contribution in [0.3, 0.4) is 0 Å². The van der Waals surface area contributed by atoms with Crippen molar-refractivity contribution in [3.8, 4) is 5.75 Å². The van der Waals surface area contributed by atoms with E-state index in [4.69, 9.17) is 4.74 Å². The van der Waals surface area contributed by atoms with Crippen LogP contribution in [0.1, 0.15) is 39.0 Å². The summed E-state index contributed by atoms with van der Waals surface area (Å²) in [6, 6.07) is 5.66. The first-order valence-corrected chi connectivity index (χ1v) is 8.53. The van der Waals surface area contributed by atoms with Gasteiger partial charge in [-0.25, -0.2) is 4.39 Å². The Kier molecular flexibility index (Phi) is 7.03. The summed E-state index contributed by atoms with van der Waals surface area (Å²) in [5.41, 5.74) is 0. The first kappa shape index (κ1) is 18.2. The maximum Gasteiger partial charge on any atom is 0.242 e. The van der Waals surface area contributed by atoms with Gasteiger partial charge in [-0.15, -0.1) is 0 Å². The van der Waals surface area contributed by atoms with Gasteiger partial charge in [0.25, 0.3) is 0 Å². The van der Waals surface area contributed by atoms with Gasteiger partial charge in [0.15, 0.2) is 11.6 Å². The summed E-state index contributed by atoms with van der Waals surface area (Å²) in [4.78, 5) is 23.9. The number of rotatable bonds is 8. The summed E-state index contributed by atoms with van der Waals surface area (Å²) < 4.78 is 18.7. The lowest BCUT2D eigenvalue weighted by Gasteiger charge is -2.16. The van der Waals surface area contributed by atoms with Crippen LogP contribution in [0.15, 0.2) is 24.3 Å². The Morgan fingerprint density at radius 3 is 2.71 bits per heavy atom. The van der Waals surface area contributed by atoms with Gasteiger partial charge in [0.2, 0.25) is 11.8 Å². The third-order valence-corrected chi connectivity index (χ3v) is 4.19. The van der Waals surface area contributed by atoms with Gasteiger partial charge in [0.1, 0.15) is 6.04 Å². The van der Waals surface area contributed by atoms with Crippen LogP contribution in [0.5, 0.6) is 5.75 Å². The highest BCUT2D eigenvalue weighted by Crippen LogP contribution is 2.24. The molecule has 2 N–H and O–H groups in total. The molecule has 0 aromatic heterocycles. The zero-order valence-corrected chi connectivity index (χ0v) is 14.0. The molecular formula is C18H25FN2O3. The predicted molar refractivity (Wildman–Crippen MR) is 89.1 cm³/mol. The summed E-state index contributed by atoms with van der Waals surface area (Å²) >= 11 is 0. The first-order valence-electron chi connectivity index (χ1n) is 8.53. The van der Waals surface area contributed by atoms with E-state index >= 15 is 0 Å². The number of ether oxygens (including phenoxy) is 1. The van der Waals surface area contributed by atoms with Gasteiger partial charge in [0.05, 0.1) is 6.61 Å². The Morgan fingerprint density at radius 2 is 2.00 bits per heavy atom. The Morgan fingerprint density at radius 1 is 1.29 bits per heavy atom. The fraction of sp³-hybridized carbons (Fsp3) is 0.556. The van der Waals surface area contributed by atoms with Crippen molar-refractivity contribution in [3.63, 3.8) is 0 Å². The van der Waals surface area contributed by atoms with Gasteiger partial charge in [0, 0.05) is 12.5 Å². The Hall–Kier alpha value is -2.11. The minimum Gasteiger partial charge on any atom is -0.490 e. The molecule has 0 heterocycles. The highest BCUT2D eigenvalue weighted by Gasteiger charge is 2.25. The molecular weight excluding hydrogens is 311 g/mol. The normalized spacial score (nSPS) is 15.8. The molecule has 1 aliphatic rings. The Bertz CT molecular complexity index is 559. The molecule has 0 radical (unpaired) electrons. The number of amides is 2. The van der Waals surface area contributed by atoms with E-state index in [2.05, 4.69) is 10.6 Å². The first-order chi connectivity index (χ1) is 11.6. The van der Waals surface area contributed by atoms with Crippen molar-refractivity contribution in [3.05, 3.63) is 30.1 Å². The number of carbonyl (C=O) groups excluding carboxylic acids is 2. The highest BCUT2D eigenvalue weighted by atomic mass is 19.1. The predicted octanol–water partition coefficient (Wildman–Crippen LogP) is 2.41.